The smallest absolute Gasteiger partial charge is 0.335 e. The summed E-state index contributed by atoms with van der Waals surface area (Å²) in [6.45, 7) is 2.00. The summed E-state index contributed by atoms with van der Waals surface area (Å²) >= 11 is 3.31. The molecule has 0 spiro atoms. The maximum Gasteiger partial charge on any atom is 0.335 e. The van der Waals surface area contributed by atoms with E-state index in [-0.39, 0.29) is 16.9 Å². The van der Waals surface area contributed by atoms with Crippen LogP contribution in [-0.4, -0.2) is 17.0 Å². The molecule has 0 radical (unpaired) electrons. The van der Waals surface area contributed by atoms with Gasteiger partial charge in [0.2, 0.25) is 5.91 Å². The Morgan fingerprint density at radius 2 is 1.90 bits per heavy atom. The summed E-state index contributed by atoms with van der Waals surface area (Å²) in [4.78, 5) is 23.3. The Morgan fingerprint density at radius 1 is 1.25 bits per heavy atom. The van der Waals surface area contributed by atoms with Crippen LogP contribution in [0.15, 0.2) is 22.7 Å². The van der Waals surface area contributed by atoms with Gasteiger partial charge in [-0.1, -0.05) is 26.2 Å². The normalized spacial score (nSPS) is 17.5. The molecule has 5 heteroatoms. The van der Waals surface area contributed by atoms with E-state index in [0.29, 0.717) is 10.2 Å². The van der Waals surface area contributed by atoms with Crippen LogP contribution < -0.4 is 5.32 Å². The number of carboxylic acids is 1. The first-order valence-corrected chi connectivity index (χ1v) is 7.56. The van der Waals surface area contributed by atoms with Crippen LogP contribution in [0.2, 0.25) is 0 Å². The fourth-order valence-electron chi connectivity index (χ4n) is 2.58. The molecular formula is C15H18BrNO3. The number of nitrogens with one attached hydrogen (secondary N) is 1. The zero-order valence-electron chi connectivity index (χ0n) is 11.4. The van der Waals surface area contributed by atoms with Gasteiger partial charge >= 0.3 is 5.97 Å². The number of halogens is 1. The molecular weight excluding hydrogens is 322 g/mol. The van der Waals surface area contributed by atoms with Crippen LogP contribution in [0.4, 0.5) is 5.69 Å². The number of rotatable bonds is 3. The second-order valence-corrected chi connectivity index (χ2v) is 6.43. The lowest BCUT2D eigenvalue weighted by Gasteiger charge is -2.32. The summed E-state index contributed by atoms with van der Waals surface area (Å²) in [6, 6.07) is 4.62. The molecule has 1 aliphatic carbocycles. The van der Waals surface area contributed by atoms with E-state index in [1.54, 1.807) is 6.07 Å². The molecule has 2 rings (SSSR count). The highest BCUT2D eigenvalue weighted by atomic mass is 79.9. The van der Waals surface area contributed by atoms with Crippen molar-refractivity contribution in [2.45, 2.75) is 39.0 Å². The third-order valence-electron chi connectivity index (χ3n) is 3.97. The second-order valence-electron chi connectivity index (χ2n) is 5.58. The van der Waals surface area contributed by atoms with E-state index in [9.17, 15) is 9.59 Å². The van der Waals surface area contributed by atoms with E-state index >= 15 is 0 Å². The molecule has 1 aromatic rings. The van der Waals surface area contributed by atoms with Gasteiger partial charge in [0.25, 0.3) is 0 Å². The highest BCUT2D eigenvalue weighted by Crippen LogP contribution is 2.37. The molecule has 0 bridgehead atoms. The van der Waals surface area contributed by atoms with E-state index in [1.807, 2.05) is 6.92 Å². The predicted octanol–water partition coefficient (Wildman–Crippen LogP) is 4.06. The van der Waals surface area contributed by atoms with Crippen molar-refractivity contribution < 1.29 is 14.7 Å². The van der Waals surface area contributed by atoms with E-state index in [0.717, 1.165) is 25.7 Å². The summed E-state index contributed by atoms with van der Waals surface area (Å²) < 4.78 is 0.588. The summed E-state index contributed by atoms with van der Waals surface area (Å²) in [5.41, 5.74) is 0.494. The van der Waals surface area contributed by atoms with E-state index in [4.69, 9.17) is 5.11 Å². The molecule has 0 heterocycles. The van der Waals surface area contributed by atoms with Gasteiger partial charge < -0.3 is 10.4 Å². The third-order valence-corrected chi connectivity index (χ3v) is 4.63. The number of carboxylic acid groups (broad SMARTS) is 1. The topological polar surface area (TPSA) is 66.4 Å². The third kappa shape index (κ3) is 3.20. The van der Waals surface area contributed by atoms with Crippen molar-refractivity contribution >= 4 is 33.5 Å². The van der Waals surface area contributed by atoms with Crippen molar-refractivity contribution in [3.05, 3.63) is 28.2 Å². The average Bonchev–Trinajstić information content (AvgIpc) is 2.41. The van der Waals surface area contributed by atoms with Gasteiger partial charge in [0, 0.05) is 9.89 Å². The lowest BCUT2D eigenvalue weighted by molar-refractivity contribution is -0.126. The lowest BCUT2D eigenvalue weighted by atomic mass is 9.75. The van der Waals surface area contributed by atoms with Crippen LogP contribution >= 0.6 is 15.9 Å². The Labute approximate surface area is 126 Å². The standard InChI is InChI=1S/C15H18BrNO3/c1-15(7-3-2-4-8-15)14(20)17-12-6-5-10(13(18)19)9-11(12)16/h5-6,9H,2-4,7-8H2,1H3,(H,17,20)(H,18,19). The number of hydrogen-bond acceptors (Lipinski definition) is 2. The van der Waals surface area contributed by atoms with Gasteiger partial charge in [-0.15, -0.1) is 0 Å². The summed E-state index contributed by atoms with van der Waals surface area (Å²) in [5.74, 6) is -0.969. The molecule has 108 valence electrons. The highest BCUT2D eigenvalue weighted by molar-refractivity contribution is 9.10. The first-order valence-electron chi connectivity index (χ1n) is 6.77. The average molecular weight is 340 g/mol. The quantitative estimate of drug-likeness (QED) is 0.872. The van der Waals surface area contributed by atoms with Crippen molar-refractivity contribution in [1.29, 1.82) is 0 Å². The molecule has 0 saturated heterocycles. The van der Waals surface area contributed by atoms with Gasteiger partial charge in [0.05, 0.1) is 11.3 Å². The highest BCUT2D eigenvalue weighted by Gasteiger charge is 2.34. The zero-order chi connectivity index (χ0) is 14.8. The van der Waals surface area contributed by atoms with Crippen molar-refractivity contribution in [2.24, 2.45) is 5.41 Å². The van der Waals surface area contributed by atoms with Crippen molar-refractivity contribution in [1.82, 2.24) is 0 Å². The SMILES string of the molecule is CC1(C(=O)Nc2ccc(C(=O)O)cc2Br)CCCCC1. The van der Waals surface area contributed by atoms with Crippen molar-refractivity contribution in [3.63, 3.8) is 0 Å². The minimum atomic E-state index is -0.984. The molecule has 1 aromatic carbocycles. The first kappa shape index (κ1) is 15.0. The molecule has 2 N–H and O–H groups in total. The molecule has 0 aromatic heterocycles. The minimum Gasteiger partial charge on any atom is -0.478 e. The first-order chi connectivity index (χ1) is 9.42. The maximum atomic E-state index is 12.4. The van der Waals surface area contributed by atoms with E-state index < -0.39 is 5.97 Å². The predicted molar refractivity (Wildman–Crippen MR) is 80.9 cm³/mol. The fraction of sp³-hybridized carbons (Fsp3) is 0.467. The van der Waals surface area contributed by atoms with Crippen molar-refractivity contribution in [3.8, 4) is 0 Å². The molecule has 4 nitrogen and oxygen atoms in total. The van der Waals surface area contributed by atoms with Gasteiger partial charge in [0.1, 0.15) is 0 Å². The second kappa shape index (κ2) is 5.95. The van der Waals surface area contributed by atoms with Crippen LogP contribution in [-0.2, 0) is 4.79 Å². The maximum absolute atomic E-state index is 12.4. The number of carbonyl (C=O) groups excluding carboxylic acids is 1. The molecule has 20 heavy (non-hydrogen) atoms. The fourth-order valence-corrected chi connectivity index (χ4v) is 3.06. The van der Waals surface area contributed by atoms with Gasteiger partial charge in [-0.2, -0.15) is 0 Å². The lowest BCUT2D eigenvalue weighted by Crippen LogP contribution is -2.35. The number of carbonyl (C=O) groups is 2. The number of aromatic carboxylic acids is 1. The van der Waals surface area contributed by atoms with Gasteiger partial charge in [-0.25, -0.2) is 4.79 Å². The van der Waals surface area contributed by atoms with Crippen LogP contribution in [0, 0.1) is 5.41 Å². The molecule has 1 amide bonds. The van der Waals surface area contributed by atoms with Crippen LogP contribution in [0.3, 0.4) is 0 Å². The Morgan fingerprint density at radius 3 is 2.45 bits per heavy atom. The molecule has 0 aliphatic heterocycles. The molecule has 1 saturated carbocycles. The Hall–Kier alpha value is -1.36. The Bertz CT molecular complexity index is 536. The summed E-state index contributed by atoms with van der Waals surface area (Å²) in [7, 11) is 0. The van der Waals surface area contributed by atoms with Crippen molar-refractivity contribution in [2.75, 3.05) is 5.32 Å². The molecule has 0 atom stereocenters. The van der Waals surface area contributed by atoms with Gasteiger partial charge in [0.15, 0.2) is 0 Å². The number of benzene rings is 1. The van der Waals surface area contributed by atoms with E-state index in [2.05, 4.69) is 21.2 Å². The van der Waals surface area contributed by atoms with Gasteiger partial charge in [-0.05, 0) is 47.0 Å². The summed E-state index contributed by atoms with van der Waals surface area (Å²) in [6.07, 6.45) is 5.18. The molecule has 0 unspecified atom stereocenters. The Kier molecular flexibility index (Phi) is 4.48. The van der Waals surface area contributed by atoms with Crippen LogP contribution in [0.25, 0.3) is 0 Å². The monoisotopic (exact) mass is 339 g/mol. The van der Waals surface area contributed by atoms with E-state index in [1.165, 1.54) is 18.6 Å². The number of anilines is 1. The number of amides is 1. The van der Waals surface area contributed by atoms with Gasteiger partial charge in [-0.3, -0.25) is 4.79 Å². The molecule has 1 aliphatic rings. The number of hydrogen-bond donors (Lipinski definition) is 2. The van der Waals surface area contributed by atoms with Crippen LogP contribution in [0.5, 0.6) is 0 Å². The largest absolute Gasteiger partial charge is 0.478 e. The zero-order valence-corrected chi connectivity index (χ0v) is 13.0. The Balaban J connectivity index is 2.13. The molecule has 1 fully saturated rings. The summed E-state index contributed by atoms with van der Waals surface area (Å²) in [5, 5.41) is 11.8. The van der Waals surface area contributed by atoms with Crippen LogP contribution in [0.1, 0.15) is 49.4 Å². The minimum absolute atomic E-state index is 0.0148.